The number of carbonyl (C=O) groups is 3. The minimum absolute atomic E-state index is 0.0502. The highest BCUT2D eigenvalue weighted by molar-refractivity contribution is 5.94. The number of hydrogen-bond acceptors (Lipinski definition) is 3. The van der Waals surface area contributed by atoms with Crippen LogP contribution in [-0.2, 0) is 20.8 Å². The van der Waals surface area contributed by atoms with Gasteiger partial charge < -0.3 is 15.7 Å². The average Bonchev–Trinajstić information content (AvgIpc) is 2.59. The zero-order valence-electron chi connectivity index (χ0n) is 14.4. The van der Waals surface area contributed by atoms with Crippen LogP contribution in [-0.4, -0.2) is 29.4 Å². The molecule has 136 valence electrons. The first-order valence-electron chi connectivity index (χ1n) is 8.90. The van der Waals surface area contributed by atoms with Gasteiger partial charge in [0.15, 0.2) is 0 Å². The van der Waals surface area contributed by atoms with Crippen LogP contribution >= 0.6 is 0 Å². The molecule has 2 amide bonds. The van der Waals surface area contributed by atoms with E-state index >= 15 is 0 Å². The van der Waals surface area contributed by atoms with Crippen molar-refractivity contribution in [2.24, 2.45) is 5.92 Å². The van der Waals surface area contributed by atoms with Crippen LogP contribution in [0.25, 0.3) is 0 Å². The molecule has 25 heavy (non-hydrogen) atoms. The maximum absolute atomic E-state index is 12.0. The van der Waals surface area contributed by atoms with Crippen LogP contribution < -0.4 is 10.6 Å². The molecule has 1 fully saturated rings. The van der Waals surface area contributed by atoms with E-state index in [9.17, 15) is 14.4 Å². The Balaban J connectivity index is 1.73. The van der Waals surface area contributed by atoms with Crippen molar-refractivity contribution in [1.29, 1.82) is 0 Å². The number of nitrogens with one attached hydrogen (secondary N) is 2. The Morgan fingerprint density at radius 3 is 2.56 bits per heavy atom. The Hall–Kier alpha value is -2.37. The van der Waals surface area contributed by atoms with E-state index in [1.807, 2.05) is 6.07 Å². The number of carbonyl (C=O) groups excluding carboxylic acids is 2. The van der Waals surface area contributed by atoms with Crippen molar-refractivity contribution in [3.63, 3.8) is 0 Å². The second-order valence-corrected chi connectivity index (χ2v) is 6.63. The molecule has 1 aliphatic carbocycles. The van der Waals surface area contributed by atoms with Gasteiger partial charge in [-0.05, 0) is 42.9 Å². The smallest absolute Gasteiger partial charge is 0.303 e. The van der Waals surface area contributed by atoms with E-state index in [0.29, 0.717) is 24.4 Å². The summed E-state index contributed by atoms with van der Waals surface area (Å²) in [4.78, 5) is 34.5. The summed E-state index contributed by atoms with van der Waals surface area (Å²) >= 11 is 0. The number of benzene rings is 1. The Bertz CT molecular complexity index is 609. The Labute approximate surface area is 148 Å². The van der Waals surface area contributed by atoms with Gasteiger partial charge >= 0.3 is 5.97 Å². The normalized spacial score (nSPS) is 14.7. The van der Waals surface area contributed by atoms with Gasteiger partial charge in [-0.2, -0.15) is 0 Å². The lowest BCUT2D eigenvalue weighted by atomic mass is 9.87. The first-order valence-corrected chi connectivity index (χ1v) is 8.90. The lowest BCUT2D eigenvalue weighted by molar-refractivity contribution is -0.137. The van der Waals surface area contributed by atoms with Crippen molar-refractivity contribution in [3.8, 4) is 0 Å². The summed E-state index contributed by atoms with van der Waals surface area (Å²) in [5.74, 6) is -0.762. The van der Waals surface area contributed by atoms with Crippen LogP contribution in [0.1, 0.15) is 50.5 Å². The van der Waals surface area contributed by atoms with Gasteiger partial charge in [0.25, 0.3) is 0 Å². The van der Waals surface area contributed by atoms with Gasteiger partial charge in [-0.3, -0.25) is 14.4 Å². The summed E-state index contributed by atoms with van der Waals surface area (Å²) in [7, 11) is 0. The molecule has 0 spiro atoms. The molecule has 1 aliphatic rings. The van der Waals surface area contributed by atoms with Gasteiger partial charge in [0.2, 0.25) is 11.8 Å². The van der Waals surface area contributed by atoms with Gasteiger partial charge in [0, 0.05) is 18.5 Å². The predicted octanol–water partition coefficient (Wildman–Crippen LogP) is 2.73. The molecule has 0 aromatic heterocycles. The number of carboxylic acid groups (broad SMARTS) is 1. The molecule has 3 N–H and O–H groups in total. The summed E-state index contributed by atoms with van der Waals surface area (Å²) < 4.78 is 0. The molecular weight excluding hydrogens is 320 g/mol. The lowest BCUT2D eigenvalue weighted by Gasteiger charge is -2.20. The van der Waals surface area contributed by atoms with E-state index in [2.05, 4.69) is 10.6 Å². The SMILES string of the molecule is O=C(O)CCc1cccc(NC(=O)CNC(=O)CC2CCCCC2)c1. The van der Waals surface area contributed by atoms with Crippen LogP contribution in [0.3, 0.4) is 0 Å². The molecular formula is C19H26N2O4. The van der Waals surface area contributed by atoms with Crippen LogP contribution in [0, 0.1) is 5.92 Å². The lowest BCUT2D eigenvalue weighted by Crippen LogP contribution is -2.34. The largest absolute Gasteiger partial charge is 0.481 e. The molecule has 0 radical (unpaired) electrons. The van der Waals surface area contributed by atoms with Crippen molar-refractivity contribution >= 4 is 23.5 Å². The fraction of sp³-hybridized carbons (Fsp3) is 0.526. The van der Waals surface area contributed by atoms with Crippen molar-refractivity contribution in [2.75, 3.05) is 11.9 Å². The topological polar surface area (TPSA) is 95.5 Å². The van der Waals surface area contributed by atoms with Crippen LogP contribution in [0.15, 0.2) is 24.3 Å². The van der Waals surface area contributed by atoms with Crippen LogP contribution in [0.4, 0.5) is 5.69 Å². The van der Waals surface area contributed by atoms with Crippen LogP contribution in [0.5, 0.6) is 0 Å². The zero-order valence-corrected chi connectivity index (χ0v) is 14.4. The van der Waals surface area contributed by atoms with Gasteiger partial charge in [-0.15, -0.1) is 0 Å². The van der Waals surface area contributed by atoms with Crippen molar-refractivity contribution < 1.29 is 19.5 Å². The second kappa shape index (κ2) is 9.81. The monoisotopic (exact) mass is 346 g/mol. The summed E-state index contributed by atoms with van der Waals surface area (Å²) in [6, 6.07) is 7.09. The molecule has 0 bridgehead atoms. The minimum Gasteiger partial charge on any atom is -0.481 e. The molecule has 0 heterocycles. The predicted molar refractivity (Wildman–Crippen MR) is 95.2 cm³/mol. The Morgan fingerprint density at radius 2 is 1.84 bits per heavy atom. The minimum atomic E-state index is -0.852. The fourth-order valence-corrected chi connectivity index (χ4v) is 3.17. The van der Waals surface area contributed by atoms with E-state index in [0.717, 1.165) is 18.4 Å². The molecule has 0 atom stereocenters. The average molecular weight is 346 g/mol. The Morgan fingerprint density at radius 1 is 1.08 bits per heavy atom. The maximum atomic E-state index is 12.0. The van der Waals surface area contributed by atoms with E-state index in [-0.39, 0.29) is 24.8 Å². The number of aryl methyl sites for hydroxylation is 1. The van der Waals surface area contributed by atoms with E-state index in [4.69, 9.17) is 5.11 Å². The first-order chi connectivity index (χ1) is 12.0. The van der Waals surface area contributed by atoms with Crippen LogP contribution in [0.2, 0.25) is 0 Å². The van der Waals surface area contributed by atoms with Crippen molar-refractivity contribution in [2.45, 2.75) is 51.4 Å². The highest BCUT2D eigenvalue weighted by atomic mass is 16.4. The maximum Gasteiger partial charge on any atom is 0.303 e. The molecule has 1 aromatic rings. The third-order valence-electron chi connectivity index (χ3n) is 4.48. The Kier molecular flexibility index (Phi) is 7.44. The molecule has 2 rings (SSSR count). The van der Waals surface area contributed by atoms with Gasteiger partial charge in [-0.1, -0.05) is 31.4 Å². The molecule has 1 saturated carbocycles. The molecule has 0 saturated heterocycles. The third-order valence-corrected chi connectivity index (χ3v) is 4.48. The number of amides is 2. The first kappa shape index (κ1) is 19.0. The van der Waals surface area contributed by atoms with E-state index in [1.54, 1.807) is 18.2 Å². The third kappa shape index (κ3) is 7.37. The molecule has 0 unspecified atom stereocenters. The van der Waals surface area contributed by atoms with Gasteiger partial charge in [0.1, 0.15) is 0 Å². The summed E-state index contributed by atoms with van der Waals surface area (Å²) in [5, 5.41) is 14.1. The van der Waals surface area contributed by atoms with E-state index in [1.165, 1.54) is 19.3 Å². The van der Waals surface area contributed by atoms with Crippen molar-refractivity contribution in [1.82, 2.24) is 5.32 Å². The quantitative estimate of drug-likeness (QED) is 0.674. The van der Waals surface area contributed by atoms with E-state index < -0.39 is 5.97 Å². The highest BCUT2D eigenvalue weighted by Crippen LogP contribution is 2.25. The summed E-state index contributed by atoms with van der Waals surface area (Å²) in [5.41, 5.74) is 1.45. The summed E-state index contributed by atoms with van der Waals surface area (Å²) in [6.07, 6.45) is 6.80. The van der Waals surface area contributed by atoms with Gasteiger partial charge in [-0.25, -0.2) is 0 Å². The number of carboxylic acids is 1. The zero-order chi connectivity index (χ0) is 18.1. The number of anilines is 1. The molecule has 1 aromatic carbocycles. The van der Waals surface area contributed by atoms with Gasteiger partial charge in [0.05, 0.1) is 6.54 Å². The molecule has 0 aliphatic heterocycles. The highest BCUT2D eigenvalue weighted by Gasteiger charge is 2.17. The summed E-state index contributed by atoms with van der Waals surface area (Å²) in [6.45, 7) is -0.0507. The molecule has 6 nitrogen and oxygen atoms in total. The molecule has 6 heteroatoms. The number of aliphatic carboxylic acids is 1. The number of hydrogen-bond donors (Lipinski definition) is 3. The number of rotatable bonds is 8. The van der Waals surface area contributed by atoms with Crippen molar-refractivity contribution in [3.05, 3.63) is 29.8 Å². The second-order valence-electron chi connectivity index (χ2n) is 6.63. The standard InChI is InChI=1S/C19H26N2O4/c22-17(12-14-5-2-1-3-6-14)20-13-18(23)21-16-8-4-7-15(11-16)9-10-19(24)25/h4,7-8,11,14H,1-3,5-6,9-10,12-13H2,(H,20,22)(H,21,23)(H,24,25). The fourth-order valence-electron chi connectivity index (χ4n) is 3.17.